The Labute approximate surface area is 550 Å². The summed E-state index contributed by atoms with van der Waals surface area (Å²) in [7, 11) is -3.28. The lowest BCUT2D eigenvalue weighted by Crippen LogP contribution is -2.76. The van der Waals surface area contributed by atoms with E-state index in [2.05, 4.69) is 349 Å². The minimum absolute atomic E-state index is 0.0375. The lowest BCUT2D eigenvalue weighted by molar-refractivity contribution is 0.812. The average molecular weight is 1210 g/mol. The highest BCUT2D eigenvalue weighted by atomic mass is 28.3. The van der Waals surface area contributed by atoms with Gasteiger partial charge in [0.15, 0.2) is 8.07 Å². The molecule has 0 amide bonds. The normalized spacial score (nSPS) is 14.2. The molecule has 92 heavy (non-hydrogen) atoms. The number of fused-ring (bicyclic) bond motifs is 6. The van der Waals surface area contributed by atoms with Gasteiger partial charge in [-0.05, 0) is 158 Å². The standard InChI is InChI=1S/C88H85B2NSi/c1-56(2)68-51-71(58(5)6)85(72(52-68)59(7)8)89-75-39-25-26-40-76(75)90(86-73(60(9)10)53-69(57(3)4)54-74(86)61(11)12)78-55-67(47-50-77(78)89)62-45-48-70(49-46-62)91-79-41-27-29-43-81(79)92(82-44-30-28-42-80(82)91)87(65-35-21-15-22-36-65)83(63-31-17-13-18-32-63)84(64-33-19-14-20-34-64)88(92)66-37-23-16-24-38-66/h13-61H,1-12H3. The Hall–Kier alpha value is -8.95. The van der Waals surface area contributed by atoms with E-state index >= 15 is 0 Å². The van der Waals surface area contributed by atoms with Crippen LogP contribution in [0.1, 0.15) is 174 Å². The Balaban J connectivity index is 0.988. The first-order chi connectivity index (χ1) is 44.7. The van der Waals surface area contributed by atoms with Crippen LogP contribution >= 0.6 is 0 Å². The van der Waals surface area contributed by atoms with Crippen LogP contribution in [0.25, 0.3) is 32.7 Å². The Bertz CT molecular complexity index is 4420. The first-order valence-electron chi connectivity index (χ1n) is 34.1. The summed E-state index contributed by atoms with van der Waals surface area (Å²) >= 11 is 0. The van der Waals surface area contributed by atoms with Crippen molar-refractivity contribution >= 4 is 103 Å². The Morgan fingerprint density at radius 3 is 0.978 bits per heavy atom. The minimum atomic E-state index is -3.28. The zero-order valence-corrected chi connectivity index (χ0v) is 56.9. The quantitative estimate of drug-likeness (QED) is 0.0981. The maximum Gasteiger partial charge on any atom is 0.240 e. The van der Waals surface area contributed by atoms with E-state index in [0.717, 1.165) is 5.69 Å². The van der Waals surface area contributed by atoms with Gasteiger partial charge in [-0.2, -0.15) is 0 Å². The van der Waals surface area contributed by atoms with Gasteiger partial charge in [0.05, 0.1) is 0 Å². The molecule has 0 atom stereocenters. The maximum atomic E-state index is 2.62. The number of benzene rings is 11. The van der Waals surface area contributed by atoms with Crippen LogP contribution in [0.4, 0.5) is 17.1 Å². The Morgan fingerprint density at radius 1 is 0.272 bits per heavy atom. The molecule has 0 bridgehead atoms. The molecule has 11 aromatic carbocycles. The van der Waals surface area contributed by atoms with E-state index < -0.39 is 8.07 Å². The van der Waals surface area contributed by atoms with E-state index in [4.69, 9.17) is 0 Å². The molecule has 0 aliphatic carbocycles. The third-order valence-electron chi connectivity index (χ3n) is 20.6. The molecule has 3 aliphatic heterocycles. The van der Waals surface area contributed by atoms with Crippen molar-refractivity contribution in [1.82, 2.24) is 0 Å². The molecule has 1 spiro atoms. The Kier molecular flexibility index (Phi) is 16.2. The van der Waals surface area contributed by atoms with E-state index in [1.54, 1.807) is 0 Å². The second-order valence-corrected chi connectivity index (χ2v) is 31.7. The average Bonchev–Trinajstić information content (AvgIpc) is 1.45. The van der Waals surface area contributed by atoms with Crippen molar-refractivity contribution < 1.29 is 0 Å². The number of hydrogen-bond donors (Lipinski definition) is 0. The fourth-order valence-corrected chi connectivity index (χ4v) is 22.2. The zero-order valence-electron chi connectivity index (χ0n) is 55.9. The molecule has 0 saturated carbocycles. The largest absolute Gasteiger partial charge is 0.311 e. The third-order valence-corrected chi connectivity index (χ3v) is 25.6. The summed E-state index contributed by atoms with van der Waals surface area (Å²) in [4.78, 5) is 2.58. The van der Waals surface area contributed by atoms with Crippen LogP contribution in [0.15, 0.2) is 261 Å². The molecule has 452 valence electrons. The molecular formula is C88H85B2NSi. The third kappa shape index (κ3) is 10.1. The van der Waals surface area contributed by atoms with Crippen molar-refractivity contribution in [2.75, 3.05) is 4.90 Å². The van der Waals surface area contributed by atoms with Crippen molar-refractivity contribution in [3.05, 3.63) is 316 Å². The van der Waals surface area contributed by atoms with Gasteiger partial charge >= 0.3 is 0 Å². The van der Waals surface area contributed by atoms with Crippen LogP contribution in [0, 0.1) is 0 Å². The summed E-state index contributed by atoms with van der Waals surface area (Å²) in [5, 5.41) is 5.63. The van der Waals surface area contributed by atoms with Crippen molar-refractivity contribution in [3.8, 4) is 11.1 Å². The van der Waals surface area contributed by atoms with Gasteiger partial charge in [-0.1, -0.05) is 352 Å². The number of allylic oxidation sites excluding steroid dienone is 2. The van der Waals surface area contributed by atoms with Crippen molar-refractivity contribution in [1.29, 1.82) is 0 Å². The highest BCUT2D eigenvalue weighted by Crippen LogP contribution is 2.58. The lowest BCUT2D eigenvalue weighted by atomic mass is 9.20. The molecule has 1 nitrogen and oxygen atoms in total. The van der Waals surface area contributed by atoms with Crippen LogP contribution in [-0.2, 0) is 0 Å². The van der Waals surface area contributed by atoms with E-state index in [9.17, 15) is 0 Å². The van der Waals surface area contributed by atoms with Gasteiger partial charge in [0.1, 0.15) is 0 Å². The molecule has 3 heterocycles. The van der Waals surface area contributed by atoms with Crippen LogP contribution in [-0.4, -0.2) is 21.5 Å². The minimum Gasteiger partial charge on any atom is -0.311 e. The molecule has 11 aromatic rings. The van der Waals surface area contributed by atoms with Crippen molar-refractivity contribution in [2.24, 2.45) is 0 Å². The predicted octanol–water partition coefficient (Wildman–Crippen LogP) is 18.1. The number of rotatable bonds is 14. The maximum absolute atomic E-state index is 3.28. The molecular weight excluding hydrogens is 1120 g/mol. The van der Waals surface area contributed by atoms with Crippen molar-refractivity contribution in [3.63, 3.8) is 0 Å². The lowest BCUT2D eigenvalue weighted by Gasteiger charge is -2.45. The SMILES string of the molecule is CC(C)c1cc(C(C)C)c(B2c3ccccc3B(c3c(C(C)C)cc(C(C)C)cc3C(C)C)c3cc(-c4ccc(N5c6ccccc6[Si]6(C(c7ccccc7)=C(c7ccccc7)C(c7ccccc7)=C6c6ccccc6)c6ccccc65)cc4)ccc32)c(C(C)C)c1. The number of nitrogens with zero attached hydrogens (tertiary/aromatic N) is 1. The van der Waals surface area contributed by atoms with Gasteiger partial charge < -0.3 is 4.90 Å². The topological polar surface area (TPSA) is 3.24 Å². The molecule has 0 aromatic heterocycles. The summed E-state index contributed by atoms with van der Waals surface area (Å²) in [5.41, 5.74) is 31.2. The van der Waals surface area contributed by atoms with Crippen LogP contribution in [0.3, 0.4) is 0 Å². The molecule has 0 N–H and O–H groups in total. The molecule has 3 aliphatic rings. The molecule has 0 fully saturated rings. The highest BCUT2D eigenvalue weighted by Gasteiger charge is 2.57. The molecule has 4 heteroatoms. The van der Waals surface area contributed by atoms with Crippen LogP contribution in [0.5, 0.6) is 0 Å². The molecule has 0 unspecified atom stereocenters. The van der Waals surface area contributed by atoms with E-state index in [-0.39, 0.29) is 13.4 Å². The van der Waals surface area contributed by atoms with E-state index in [0.29, 0.717) is 35.5 Å². The van der Waals surface area contributed by atoms with Crippen LogP contribution in [0.2, 0.25) is 0 Å². The fraction of sp³-hybridized carbons (Fsp3) is 0.205. The molecule has 0 radical (unpaired) electrons. The van der Waals surface area contributed by atoms with E-state index in [1.807, 2.05) is 0 Å². The van der Waals surface area contributed by atoms with Gasteiger partial charge in [0.25, 0.3) is 0 Å². The van der Waals surface area contributed by atoms with Gasteiger partial charge in [-0.25, -0.2) is 0 Å². The first kappa shape index (κ1) is 60.6. The highest BCUT2D eigenvalue weighted by molar-refractivity contribution is 7.30. The number of anilines is 3. The van der Waals surface area contributed by atoms with Gasteiger partial charge in [-0.15, -0.1) is 0 Å². The summed E-state index contributed by atoms with van der Waals surface area (Å²) in [5.74, 6) is 2.23. The molecule has 0 saturated heterocycles. The Morgan fingerprint density at radius 2 is 0.598 bits per heavy atom. The zero-order chi connectivity index (χ0) is 63.7. The smallest absolute Gasteiger partial charge is 0.240 e. The number of hydrogen-bond acceptors (Lipinski definition) is 1. The summed E-state index contributed by atoms with van der Waals surface area (Å²) in [6, 6.07) is 101. The summed E-state index contributed by atoms with van der Waals surface area (Å²) < 4.78 is 0. The fourth-order valence-electron chi connectivity index (χ4n) is 16.3. The predicted molar refractivity (Wildman–Crippen MR) is 404 cm³/mol. The second kappa shape index (κ2) is 24.6. The monoisotopic (exact) mass is 1210 g/mol. The van der Waals surface area contributed by atoms with Gasteiger partial charge in [0, 0.05) is 17.1 Å². The van der Waals surface area contributed by atoms with Gasteiger partial charge in [-0.3, -0.25) is 0 Å². The van der Waals surface area contributed by atoms with E-state index in [1.165, 1.54) is 143 Å². The summed E-state index contributed by atoms with van der Waals surface area (Å²) in [6.45, 7) is 28.9. The molecule has 14 rings (SSSR count). The van der Waals surface area contributed by atoms with Crippen molar-refractivity contribution in [2.45, 2.75) is 119 Å². The second-order valence-electron chi connectivity index (χ2n) is 28.1. The van der Waals surface area contributed by atoms with Crippen LogP contribution < -0.4 is 48.1 Å². The number of para-hydroxylation sites is 2. The first-order valence-corrected chi connectivity index (χ1v) is 36.1. The van der Waals surface area contributed by atoms with Gasteiger partial charge in [0.2, 0.25) is 13.4 Å². The summed E-state index contributed by atoms with van der Waals surface area (Å²) in [6.07, 6.45) is 0.